The molecule has 0 aliphatic carbocycles. The number of nitrogens with zero attached hydrogens (tertiary/aromatic N) is 1. The van der Waals surface area contributed by atoms with Gasteiger partial charge in [-0.3, -0.25) is 4.79 Å². The molecule has 1 amide bonds. The van der Waals surface area contributed by atoms with E-state index in [1.807, 2.05) is 35.2 Å². The van der Waals surface area contributed by atoms with Crippen LogP contribution in [-0.4, -0.2) is 57.3 Å². The number of ether oxygens (including phenoxy) is 1. The summed E-state index contributed by atoms with van der Waals surface area (Å²) in [7, 11) is -3.36. The molecular weight excluding hydrogens is 388 g/mol. The highest BCUT2D eigenvalue weighted by Crippen LogP contribution is 2.28. The quantitative estimate of drug-likeness (QED) is 0.785. The number of hydrogen-bond donors (Lipinski definition) is 1. The van der Waals surface area contributed by atoms with Gasteiger partial charge in [0.05, 0.1) is 31.4 Å². The number of carbonyl (C=O) groups excluding carboxylic acids is 1. The van der Waals surface area contributed by atoms with Crippen molar-refractivity contribution in [3.05, 3.63) is 60.2 Å². The third-order valence-corrected chi connectivity index (χ3v) is 6.39. The summed E-state index contributed by atoms with van der Waals surface area (Å²) in [6.07, 6.45) is 2.40. The van der Waals surface area contributed by atoms with Crippen molar-refractivity contribution in [1.29, 1.82) is 0 Å². The van der Waals surface area contributed by atoms with Gasteiger partial charge in [0.1, 0.15) is 0 Å². The van der Waals surface area contributed by atoms with E-state index in [1.54, 1.807) is 0 Å². The van der Waals surface area contributed by atoms with Crippen LogP contribution in [0.1, 0.15) is 12.0 Å². The fourth-order valence-corrected chi connectivity index (χ4v) is 4.98. The first-order valence-corrected chi connectivity index (χ1v) is 11.8. The van der Waals surface area contributed by atoms with Gasteiger partial charge in [0.15, 0.2) is 0 Å². The monoisotopic (exact) mass is 414 g/mol. The Morgan fingerprint density at radius 1 is 1.10 bits per heavy atom. The van der Waals surface area contributed by atoms with E-state index in [1.165, 1.54) is 6.26 Å². The third kappa shape index (κ3) is 4.69. The van der Waals surface area contributed by atoms with Crippen LogP contribution in [0.3, 0.4) is 0 Å². The van der Waals surface area contributed by atoms with E-state index in [-0.39, 0.29) is 23.9 Å². The Hall–Kier alpha value is -2.22. The van der Waals surface area contributed by atoms with Gasteiger partial charge in [0.2, 0.25) is 15.9 Å². The zero-order valence-corrected chi connectivity index (χ0v) is 17.3. The topological polar surface area (TPSA) is 75.7 Å². The van der Waals surface area contributed by atoms with Crippen molar-refractivity contribution in [3.8, 4) is 11.1 Å². The average molecular weight is 415 g/mol. The maximum Gasteiger partial charge on any atom is 0.230 e. The number of hydrogen-bond acceptors (Lipinski definition) is 4. The van der Waals surface area contributed by atoms with Gasteiger partial charge in [-0.25, -0.2) is 13.1 Å². The average Bonchev–Trinajstić information content (AvgIpc) is 3.02. The normalized spacial score (nSPS) is 22.4. The van der Waals surface area contributed by atoms with Crippen LogP contribution in [0.5, 0.6) is 0 Å². The van der Waals surface area contributed by atoms with Crippen molar-refractivity contribution in [2.75, 3.05) is 26.0 Å². The van der Waals surface area contributed by atoms with Gasteiger partial charge in [-0.1, -0.05) is 54.6 Å². The van der Waals surface area contributed by atoms with Crippen molar-refractivity contribution in [2.45, 2.75) is 24.9 Å². The number of sulfonamides is 1. The Morgan fingerprint density at radius 2 is 1.83 bits per heavy atom. The zero-order valence-electron chi connectivity index (χ0n) is 16.5. The predicted molar refractivity (Wildman–Crippen MR) is 112 cm³/mol. The molecule has 2 heterocycles. The molecule has 2 unspecified atom stereocenters. The molecule has 154 valence electrons. The molecule has 2 aliphatic rings. The predicted octanol–water partition coefficient (Wildman–Crippen LogP) is 2.06. The van der Waals surface area contributed by atoms with Crippen LogP contribution in [0.4, 0.5) is 0 Å². The number of rotatable bonds is 6. The lowest BCUT2D eigenvalue weighted by Gasteiger charge is -2.34. The van der Waals surface area contributed by atoms with Crippen LogP contribution in [0.25, 0.3) is 11.1 Å². The summed E-state index contributed by atoms with van der Waals surface area (Å²) in [4.78, 5) is 14.7. The van der Waals surface area contributed by atoms with Gasteiger partial charge in [-0.2, -0.15) is 0 Å². The smallest absolute Gasteiger partial charge is 0.230 e. The van der Waals surface area contributed by atoms with Crippen LogP contribution < -0.4 is 4.72 Å². The highest BCUT2D eigenvalue weighted by molar-refractivity contribution is 7.88. The molecular formula is C22H26N2O4S. The Kier molecular flexibility index (Phi) is 5.72. The second-order valence-corrected chi connectivity index (χ2v) is 9.67. The molecule has 6 nitrogen and oxygen atoms in total. The van der Waals surface area contributed by atoms with E-state index in [2.05, 4.69) is 29.0 Å². The molecule has 4 rings (SSSR count). The van der Waals surface area contributed by atoms with Crippen molar-refractivity contribution in [2.24, 2.45) is 5.92 Å². The molecule has 0 spiro atoms. The first-order valence-electron chi connectivity index (χ1n) is 9.90. The summed E-state index contributed by atoms with van der Waals surface area (Å²) in [6, 6.07) is 17.9. The first-order chi connectivity index (χ1) is 13.9. The van der Waals surface area contributed by atoms with Crippen LogP contribution in [-0.2, 0) is 26.0 Å². The molecule has 1 N–H and O–H groups in total. The number of likely N-dealkylation sites (tertiary alicyclic amines) is 1. The number of amides is 1. The summed E-state index contributed by atoms with van der Waals surface area (Å²) >= 11 is 0. The molecule has 2 saturated heterocycles. The van der Waals surface area contributed by atoms with Crippen LogP contribution in [0.2, 0.25) is 0 Å². The lowest BCUT2D eigenvalue weighted by molar-refractivity contribution is -0.150. The van der Waals surface area contributed by atoms with E-state index in [9.17, 15) is 13.2 Å². The van der Waals surface area contributed by atoms with Gasteiger partial charge in [0, 0.05) is 12.6 Å². The number of benzene rings is 2. The summed E-state index contributed by atoms with van der Waals surface area (Å²) < 4.78 is 31.7. The molecule has 2 aliphatic heterocycles. The van der Waals surface area contributed by atoms with Crippen LogP contribution >= 0.6 is 0 Å². The van der Waals surface area contributed by atoms with E-state index in [4.69, 9.17) is 4.74 Å². The first kappa shape index (κ1) is 20.1. The van der Waals surface area contributed by atoms with Gasteiger partial charge in [0.25, 0.3) is 0 Å². The Morgan fingerprint density at radius 3 is 2.48 bits per heavy atom. The molecule has 2 aromatic carbocycles. The van der Waals surface area contributed by atoms with Crippen LogP contribution in [0.15, 0.2) is 54.6 Å². The lowest BCUT2D eigenvalue weighted by Crippen LogP contribution is -2.51. The second-order valence-electron chi connectivity index (χ2n) is 7.89. The molecule has 7 heteroatoms. The minimum Gasteiger partial charge on any atom is -0.380 e. The van der Waals surface area contributed by atoms with Gasteiger partial charge >= 0.3 is 0 Å². The standard InChI is InChI=1S/C22H26N2O4S/c1-29(26,27)23-20-10-11-24(22(25)19-14-28-15-19)21(20)13-16-6-5-9-18(12-16)17-7-3-2-4-8-17/h2-9,12,19-21,23H,10-11,13-15H2,1H3. The van der Waals surface area contributed by atoms with Crippen molar-refractivity contribution < 1.29 is 17.9 Å². The molecule has 0 bridgehead atoms. The van der Waals surface area contributed by atoms with E-state index < -0.39 is 10.0 Å². The Balaban J connectivity index is 1.59. The molecule has 0 radical (unpaired) electrons. The Bertz CT molecular complexity index is 973. The maximum atomic E-state index is 12.9. The Labute approximate surface area is 171 Å². The van der Waals surface area contributed by atoms with Crippen LogP contribution in [0, 0.1) is 5.92 Å². The molecule has 2 fully saturated rings. The fraction of sp³-hybridized carbons (Fsp3) is 0.409. The molecule has 2 atom stereocenters. The molecule has 2 aromatic rings. The number of nitrogens with one attached hydrogen (secondary N) is 1. The van der Waals surface area contributed by atoms with Gasteiger partial charge in [-0.05, 0) is 29.5 Å². The molecule has 0 aromatic heterocycles. The second kappa shape index (κ2) is 8.26. The molecule has 29 heavy (non-hydrogen) atoms. The maximum absolute atomic E-state index is 12.9. The van der Waals surface area contributed by atoms with Crippen molar-refractivity contribution in [1.82, 2.24) is 9.62 Å². The lowest BCUT2D eigenvalue weighted by atomic mass is 9.96. The van der Waals surface area contributed by atoms with E-state index >= 15 is 0 Å². The summed E-state index contributed by atoms with van der Waals surface area (Å²) in [5, 5.41) is 0. The summed E-state index contributed by atoms with van der Waals surface area (Å²) in [6.45, 7) is 1.47. The van der Waals surface area contributed by atoms with E-state index in [0.29, 0.717) is 32.6 Å². The highest BCUT2D eigenvalue weighted by Gasteiger charge is 2.42. The fourth-order valence-electron chi connectivity index (χ4n) is 4.15. The SMILES string of the molecule is CS(=O)(=O)NC1CCN(C(=O)C2COC2)C1Cc1cccc(-c2ccccc2)c1. The van der Waals surface area contributed by atoms with Crippen molar-refractivity contribution in [3.63, 3.8) is 0 Å². The molecule has 0 saturated carbocycles. The largest absolute Gasteiger partial charge is 0.380 e. The minimum atomic E-state index is -3.36. The number of carbonyl (C=O) groups is 1. The summed E-state index contributed by atoms with van der Waals surface area (Å²) in [5.74, 6) is -0.0385. The van der Waals surface area contributed by atoms with Crippen molar-refractivity contribution >= 4 is 15.9 Å². The van der Waals surface area contributed by atoms with Gasteiger partial charge in [-0.15, -0.1) is 0 Å². The summed E-state index contributed by atoms with van der Waals surface area (Å²) in [5.41, 5.74) is 3.33. The highest BCUT2D eigenvalue weighted by atomic mass is 32.2. The van der Waals surface area contributed by atoms with E-state index in [0.717, 1.165) is 16.7 Å². The van der Waals surface area contributed by atoms with Gasteiger partial charge < -0.3 is 9.64 Å². The third-order valence-electron chi connectivity index (χ3n) is 5.66. The zero-order chi connectivity index (χ0) is 20.4. The minimum absolute atomic E-state index is 0.0678.